The molecule has 0 saturated heterocycles. The van der Waals surface area contributed by atoms with Crippen molar-refractivity contribution in [3.05, 3.63) is 48.3 Å². The molecule has 9 nitrogen and oxygen atoms in total. The summed E-state index contributed by atoms with van der Waals surface area (Å²) >= 11 is 2.34. The van der Waals surface area contributed by atoms with Gasteiger partial charge in [-0.05, 0) is 30.3 Å². The number of carbonyl (C=O) groups is 2. The van der Waals surface area contributed by atoms with Gasteiger partial charge in [-0.2, -0.15) is 0 Å². The van der Waals surface area contributed by atoms with Crippen LogP contribution in [0.1, 0.15) is 0 Å². The van der Waals surface area contributed by atoms with Crippen LogP contribution >= 0.6 is 23.1 Å². The predicted octanol–water partition coefficient (Wildman–Crippen LogP) is 3.59. The summed E-state index contributed by atoms with van der Waals surface area (Å²) in [5, 5.41) is 16.1. The minimum atomic E-state index is -0.662. The van der Waals surface area contributed by atoms with Crippen LogP contribution in [0.2, 0.25) is 0 Å². The summed E-state index contributed by atoms with van der Waals surface area (Å²) in [6, 6.07) is 10.2. The number of carbonyl (C=O) groups excluding carboxylic acids is 2. The molecule has 0 atom stereocenters. The van der Waals surface area contributed by atoms with E-state index in [4.69, 9.17) is 9.47 Å². The normalized spacial score (nSPS) is 11.8. The number of anilines is 3. The van der Waals surface area contributed by atoms with Crippen LogP contribution in [-0.4, -0.2) is 34.7 Å². The Morgan fingerprint density at radius 3 is 2.83 bits per heavy atom. The van der Waals surface area contributed by atoms with Crippen LogP contribution in [0.25, 0.3) is 0 Å². The number of ether oxygens (including phenoxy) is 2. The number of hydrogen-bond donors (Lipinski definition) is 3. The lowest BCUT2D eigenvalue weighted by Crippen LogP contribution is -2.35. The van der Waals surface area contributed by atoms with Gasteiger partial charge < -0.3 is 20.1 Å². The number of rotatable bonds is 6. The Bertz CT molecular complexity index is 1090. The lowest BCUT2D eigenvalue weighted by Gasteiger charge is -2.07. The number of imide groups is 1. The van der Waals surface area contributed by atoms with Crippen molar-refractivity contribution >= 4 is 51.5 Å². The smallest absolute Gasteiger partial charge is 0.325 e. The lowest BCUT2D eigenvalue weighted by molar-refractivity contribution is -0.117. The molecule has 1 aromatic heterocycles. The molecule has 12 heteroatoms. The van der Waals surface area contributed by atoms with Crippen molar-refractivity contribution in [2.75, 3.05) is 23.2 Å². The number of urea groups is 1. The minimum absolute atomic E-state index is 0.0246. The number of thioether (sulfide) groups is 1. The number of nitrogens with zero attached hydrogens (tertiary/aromatic N) is 2. The van der Waals surface area contributed by atoms with Crippen molar-refractivity contribution < 1.29 is 23.5 Å². The van der Waals surface area contributed by atoms with Crippen molar-refractivity contribution in [2.24, 2.45) is 0 Å². The molecule has 154 valence electrons. The number of halogens is 1. The fourth-order valence-electron chi connectivity index (χ4n) is 2.43. The average Bonchev–Trinajstić information content (AvgIpc) is 3.35. The van der Waals surface area contributed by atoms with E-state index in [0.29, 0.717) is 32.3 Å². The number of hydrogen-bond acceptors (Lipinski definition) is 9. The van der Waals surface area contributed by atoms with E-state index in [1.807, 2.05) is 0 Å². The van der Waals surface area contributed by atoms with Gasteiger partial charge in [-0.3, -0.25) is 10.1 Å². The van der Waals surface area contributed by atoms with E-state index in [-0.39, 0.29) is 18.4 Å². The molecule has 30 heavy (non-hydrogen) atoms. The van der Waals surface area contributed by atoms with E-state index in [2.05, 4.69) is 26.1 Å². The molecule has 3 amide bonds. The second-order valence-electron chi connectivity index (χ2n) is 5.87. The zero-order valence-corrected chi connectivity index (χ0v) is 16.8. The topological polar surface area (TPSA) is 114 Å². The fourth-order valence-corrected chi connectivity index (χ4v) is 4.01. The molecule has 0 spiro atoms. The second kappa shape index (κ2) is 8.97. The predicted molar refractivity (Wildman–Crippen MR) is 110 cm³/mol. The maximum absolute atomic E-state index is 13.2. The van der Waals surface area contributed by atoms with Gasteiger partial charge in [0, 0.05) is 17.4 Å². The standard InChI is InChI=1S/C18H14FN5O4S2/c19-10-2-1-3-11(6-10)21-17-23-24-18(30-17)29-8-15(25)22-16(26)20-12-4-5-13-14(7-12)28-9-27-13/h1-7H,8-9H2,(H,21,23)(H2,20,22,25,26). The summed E-state index contributed by atoms with van der Waals surface area (Å²) in [5.74, 6) is 0.233. The summed E-state index contributed by atoms with van der Waals surface area (Å²) in [4.78, 5) is 24.0. The summed E-state index contributed by atoms with van der Waals surface area (Å²) in [7, 11) is 0. The maximum atomic E-state index is 13.2. The summed E-state index contributed by atoms with van der Waals surface area (Å²) in [6.45, 7) is 0.131. The van der Waals surface area contributed by atoms with Crippen molar-refractivity contribution in [2.45, 2.75) is 4.34 Å². The molecule has 0 fully saturated rings. The van der Waals surface area contributed by atoms with E-state index in [0.717, 1.165) is 11.8 Å². The van der Waals surface area contributed by atoms with Gasteiger partial charge in [-0.1, -0.05) is 29.2 Å². The van der Waals surface area contributed by atoms with Crippen molar-refractivity contribution in [1.82, 2.24) is 15.5 Å². The zero-order valence-electron chi connectivity index (χ0n) is 15.2. The summed E-state index contributed by atoms with van der Waals surface area (Å²) in [6.07, 6.45) is 0. The summed E-state index contributed by atoms with van der Waals surface area (Å²) < 4.78 is 24.2. The van der Waals surface area contributed by atoms with Crippen LogP contribution in [-0.2, 0) is 4.79 Å². The molecule has 2 heterocycles. The number of amides is 3. The molecular weight excluding hydrogens is 433 g/mol. The number of aromatic nitrogens is 2. The SMILES string of the molecule is O=C(CSc1nnc(Nc2cccc(F)c2)s1)NC(=O)Nc1ccc2c(c1)OCO2. The molecule has 1 aliphatic rings. The Morgan fingerprint density at radius 2 is 1.97 bits per heavy atom. The van der Waals surface area contributed by atoms with Crippen molar-refractivity contribution in [3.8, 4) is 11.5 Å². The van der Waals surface area contributed by atoms with Gasteiger partial charge in [0.2, 0.25) is 17.8 Å². The quantitative estimate of drug-likeness (QED) is 0.491. The molecule has 2 aromatic carbocycles. The van der Waals surface area contributed by atoms with E-state index in [9.17, 15) is 14.0 Å². The highest BCUT2D eigenvalue weighted by atomic mass is 32.2. The Morgan fingerprint density at radius 1 is 1.10 bits per heavy atom. The van der Waals surface area contributed by atoms with E-state index in [1.54, 1.807) is 30.3 Å². The van der Waals surface area contributed by atoms with Crippen molar-refractivity contribution in [3.63, 3.8) is 0 Å². The van der Waals surface area contributed by atoms with Gasteiger partial charge in [0.15, 0.2) is 15.8 Å². The monoisotopic (exact) mass is 447 g/mol. The van der Waals surface area contributed by atoms with Crippen LogP contribution in [0.5, 0.6) is 11.5 Å². The lowest BCUT2D eigenvalue weighted by atomic mass is 10.3. The fraction of sp³-hybridized carbons (Fsp3) is 0.111. The minimum Gasteiger partial charge on any atom is -0.454 e. The van der Waals surface area contributed by atoms with E-state index < -0.39 is 11.9 Å². The van der Waals surface area contributed by atoms with Gasteiger partial charge in [-0.15, -0.1) is 10.2 Å². The first-order valence-electron chi connectivity index (χ1n) is 8.54. The average molecular weight is 447 g/mol. The van der Waals surface area contributed by atoms with Crippen LogP contribution in [0, 0.1) is 5.82 Å². The van der Waals surface area contributed by atoms with Crippen LogP contribution < -0.4 is 25.4 Å². The summed E-state index contributed by atoms with van der Waals surface area (Å²) in [5.41, 5.74) is 1.01. The number of fused-ring (bicyclic) bond motifs is 1. The molecule has 0 saturated carbocycles. The molecule has 0 bridgehead atoms. The maximum Gasteiger partial charge on any atom is 0.325 e. The third-order valence-corrected chi connectivity index (χ3v) is 5.66. The molecule has 0 unspecified atom stereocenters. The van der Waals surface area contributed by atoms with Crippen molar-refractivity contribution in [1.29, 1.82) is 0 Å². The highest BCUT2D eigenvalue weighted by molar-refractivity contribution is 8.01. The van der Waals surface area contributed by atoms with Gasteiger partial charge >= 0.3 is 6.03 Å². The third kappa shape index (κ3) is 5.15. The van der Waals surface area contributed by atoms with Crippen LogP contribution in [0.4, 0.5) is 25.7 Å². The van der Waals surface area contributed by atoms with Crippen LogP contribution in [0.3, 0.4) is 0 Å². The Labute approximate surface area is 178 Å². The van der Waals surface area contributed by atoms with E-state index in [1.165, 1.54) is 23.5 Å². The first-order valence-corrected chi connectivity index (χ1v) is 10.3. The van der Waals surface area contributed by atoms with E-state index >= 15 is 0 Å². The molecule has 3 N–H and O–H groups in total. The highest BCUT2D eigenvalue weighted by Gasteiger charge is 2.15. The number of benzene rings is 2. The van der Waals surface area contributed by atoms with Gasteiger partial charge in [0.1, 0.15) is 5.82 Å². The highest BCUT2D eigenvalue weighted by Crippen LogP contribution is 2.34. The van der Waals surface area contributed by atoms with Gasteiger partial charge in [0.05, 0.1) is 5.75 Å². The number of nitrogens with one attached hydrogen (secondary N) is 3. The zero-order chi connectivity index (χ0) is 20.9. The largest absolute Gasteiger partial charge is 0.454 e. The van der Waals surface area contributed by atoms with Crippen LogP contribution in [0.15, 0.2) is 46.8 Å². The Balaban J connectivity index is 1.23. The molecule has 4 rings (SSSR count). The first kappa shape index (κ1) is 19.9. The molecular formula is C18H14FN5O4S2. The Kier molecular flexibility index (Phi) is 5.95. The second-order valence-corrected chi connectivity index (χ2v) is 8.07. The van der Waals surface area contributed by atoms with Gasteiger partial charge in [0.25, 0.3) is 0 Å². The third-order valence-electron chi connectivity index (χ3n) is 3.69. The Hall–Kier alpha value is -3.38. The molecule has 1 aliphatic heterocycles. The van der Waals surface area contributed by atoms with Gasteiger partial charge in [-0.25, -0.2) is 9.18 Å². The first-order chi connectivity index (χ1) is 14.5. The molecule has 0 aliphatic carbocycles. The molecule has 3 aromatic rings. The molecule has 0 radical (unpaired) electrons.